The molecule has 1 heterocycles. The summed E-state index contributed by atoms with van der Waals surface area (Å²) in [6.07, 6.45) is 0.916. The Morgan fingerprint density at radius 3 is 2.65 bits per heavy atom. The third-order valence-electron chi connectivity index (χ3n) is 2.57. The molecule has 0 aliphatic carbocycles. The van der Waals surface area contributed by atoms with Crippen LogP contribution in [-0.4, -0.2) is 16.6 Å². The van der Waals surface area contributed by atoms with Gasteiger partial charge in [-0.05, 0) is 42.2 Å². The summed E-state index contributed by atoms with van der Waals surface area (Å²) >= 11 is 6.88. The number of hydrogen-bond acceptors (Lipinski definition) is 4. The number of anilines is 1. The lowest BCUT2D eigenvalue weighted by Gasteiger charge is -2.09. The molecule has 7 heteroatoms. The molecule has 0 aliphatic rings. The molecule has 0 saturated heterocycles. The molecular weight excluding hydrogens is 294 g/mol. The fourth-order valence-electron chi connectivity index (χ4n) is 1.60. The van der Waals surface area contributed by atoms with E-state index in [0.717, 1.165) is 18.7 Å². The minimum Gasteiger partial charge on any atom is -0.362 e. The Morgan fingerprint density at radius 2 is 2.05 bits per heavy atom. The molecule has 0 atom stereocenters. The summed E-state index contributed by atoms with van der Waals surface area (Å²) in [6, 6.07) is 10.2. The predicted octanol–water partition coefficient (Wildman–Crippen LogP) is 3.19. The van der Waals surface area contributed by atoms with Crippen molar-refractivity contribution in [2.45, 2.75) is 6.42 Å². The Kier molecular flexibility index (Phi) is 5.03. The van der Waals surface area contributed by atoms with Crippen LogP contribution in [0.3, 0.4) is 0 Å². The van der Waals surface area contributed by atoms with Crippen LogP contribution < -0.4 is 10.6 Å². The summed E-state index contributed by atoms with van der Waals surface area (Å²) in [5.74, 6) is 0. The van der Waals surface area contributed by atoms with E-state index in [1.165, 1.54) is 17.0 Å². The van der Waals surface area contributed by atoms with Gasteiger partial charge in [0.2, 0.25) is 0 Å². The van der Waals surface area contributed by atoms with Crippen molar-refractivity contribution in [2.24, 2.45) is 0 Å². The predicted molar refractivity (Wildman–Crippen MR) is 85.3 cm³/mol. The van der Waals surface area contributed by atoms with E-state index in [4.69, 9.17) is 12.2 Å². The molecule has 0 amide bonds. The Balaban J connectivity index is 1.77. The number of nitro benzene ring substituents is 1. The molecule has 1 aromatic heterocycles. The highest BCUT2D eigenvalue weighted by Gasteiger charge is 2.04. The summed E-state index contributed by atoms with van der Waals surface area (Å²) in [5.41, 5.74) is 0.788. The minimum atomic E-state index is -0.429. The first-order valence-electron chi connectivity index (χ1n) is 5.97. The Hall–Kier alpha value is -1.99. The van der Waals surface area contributed by atoms with Gasteiger partial charge in [-0.15, -0.1) is 11.3 Å². The molecule has 0 radical (unpaired) electrons. The highest BCUT2D eigenvalue weighted by atomic mass is 32.1. The zero-order valence-corrected chi connectivity index (χ0v) is 12.2. The van der Waals surface area contributed by atoms with Crippen molar-refractivity contribution in [2.75, 3.05) is 11.9 Å². The van der Waals surface area contributed by atoms with Gasteiger partial charge in [0.25, 0.3) is 5.69 Å². The Labute approximate surface area is 125 Å². The SMILES string of the molecule is O=[N+]([O-])c1ccc(NC(=S)NCCc2cccs2)cc1. The van der Waals surface area contributed by atoms with Crippen LogP contribution in [-0.2, 0) is 6.42 Å². The van der Waals surface area contributed by atoms with Crippen LogP contribution in [0.4, 0.5) is 11.4 Å². The largest absolute Gasteiger partial charge is 0.362 e. The number of thiophene rings is 1. The molecule has 2 N–H and O–H groups in total. The third-order valence-corrected chi connectivity index (χ3v) is 3.76. The second-order valence-electron chi connectivity index (χ2n) is 4.01. The standard InChI is InChI=1S/C13H13N3O2S2/c17-16(18)11-5-3-10(4-6-11)15-13(19)14-8-7-12-2-1-9-20-12/h1-6,9H,7-8H2,(H2,14,15,19). The molecule has 0 fully saturated rings. The lowest BCUT2D eigenvalue weighted by Crippen LogP contribution is -2.30. The maximum Gasteiger partial charge on any atom is 0.269 e. The van der Waals surface area contributed by atoms with E-state index in [2.05, 4.69) is 16.7 Å². The maximum absolute atomic E-state index is 10.5. The normalized spacial score (nSPS) is 10.0. The van der Waals surface area contributed by atoms with Gasteiger partial charge in [-0.25, -0.2) is 0 Å². The van der Waals surface area contributed by atoms with Crippen LogP contribution in [0.15, 0.2) is 41.8 Å². The molecular formula is C13H13N3O2S2. The van der Waals surface area contributed by atoms with Gasteiger partial charge in [0.05, 0.1) is 4.92 Å². The first-order chi connectivity index (χ1) is 9.65. The lowest BCUT2D eigenvalue weighted by molar-refractivity contribution is -0.384. The number of thiocarbonyl (C=S) groups is 1. The van der Waals surface area contributed by atoms with Crippen molar-refractivity contribution < 1.29 is 4.92 Å². The summed E-state index contributed by atoms with van der Waals surface area (Å²) in [5, 5.41) is 19.2. The first-order valence-corrected chi connectivity index (χ1v) is 7.25. The summed E-state index contributed by atoms with van der Waals surface area (Å²) in [4.78, 5) is 11.4. The zero-order chi connectivity index (χ0) is 14.4. The zero-order valence-electron chi connectivity index (χ0n) is 10.5. The summed E-state index contributed by atoms with van der Waals surface area (Å²) in [7, 11) is 0. The highest BCUT2D eigenvalue weighted by molar-refractivity contribution is 7.80. The van der Waals surface area contributed by atoms with Crippen molar-refractivity contribution in [3.05, 3.63) is 56.8 Å². The van der Waals surface area contributed by atoms with Gasteiger partial charge in [-0.1, -0.05) is 6.07 Å². The number of non-ortho nitro benzene ring substituents is 1. The molecule has 0 aliphatic heterocycles. The molecule has 20 heavy (non-hydrogen) atoms. The number of nitrogens with one attached hydrogen (secondary N) is 2. The van der Waals surface area contributed by atoms with Crippen LogP contribution in [0.25, 0.3) is 0 Å². The first kappa shape index (κ1) is 14.4. The molecule has 0 spiro atoms. The van der Waals surface area contributed by atoms with Crippen LogP contribution in [0.5, 0.6) is 0 Å². The van der Waals surface area contributed by atoms with Crippen molar-refractivity contribution in [3.63, 3.8) is 0 Å². The highest BCUT2D eigenvalue weighted by Crippen LogP contribution is 2.15. The molecule has 2 aromatic rings. The fourth-order valence-corrected chi connectivity index (χ4v) is 2.52. The van der Waals surface area contributed by atoms with Crippen LogP contribution in [0.1, 0.15) is 4.88 Å². The van der Waals surface area contributed by atoms with Crippen molar-refractivity contribution in [1.82, 2.24) is 5.32 Å². The van der Waals surface area contributed by atoms with Crippen LogP contribution in [0.2, 0.25) is 0 Å². The molecule has 0 unspecified atom stereocenters. The number of nitro groups is 1. The van der Waals surface area contributed by atoms with Crippen molar-refractivity contribution >= 4 is 40.0 Å². The molecule has 2 rings (SSSR count). The topological polar surface area (TPSA) is 67.2 Å². The van der Waals surface area contributed by atoms with Gasteiger partial charge in [0.15, 0.2) is 5.11 Å². The smallest absolute Gasteiger partial charge is 0.269 e. The second-order valence-corrected chi connectivity index (χ2v) is 5.45. The minimum absolute atomic E-state index is 0.0622. The van der Waals surface area contributed by atoms with E-state index in [1.54, 1.807) is 23.5 Å². The van der Waals surface area contributed by atoms with Crippen molar-refractivity contribution in [3.8, 4) is 0 Å². The van der Waals surface area contributed by atoms with Crippen LogP contribution >= 0.6 is 23.6 Å². The van der Waals surface area contributed by atoms with E-state index in [1.807, 2.05) is 11.4 Å². The van der Waals surface area contributed by atoms with Gasteiger partial charge >= 0.3 is 0 Å². The third kappa shape index (κ3) is 4.29. The molecule has 1 aromatic carbocycles. The van der Waals surface area contributed by atoms with E-state index in [-0.39, 0.29) is 5.69 Å². The Morgan fingerprint density at radius 1 is 1.30 bits per heavy atom. The lowest BCUT2D eigenvalue weighted by atomic mass is 10.3. The molecule has 0 saturated carbocycles. The molecule has 104 valence electrons. The molecule has 5 nitrogen and oxygen atoms in total. The van der Waals surface area contributed by atoms with Gasteiger partial charge in [0, 0.05) is 29.2 Å². The van der Waals surface area contributed by atoms with E-state index in [0.29, 0.717) is 5.11 Å². The maximum atomic E-state index is 10.5. The average Bonchev–Trinajstić information content (AvgIpc) is 2.92. The molecule has 0 bridgehead atoms. The quantitative estimate of drug-likeness (QED) is 0.504. The number of hydrogen-bond donors (Lipinski definition) is 2. The number of nitrogens with zero attached hydrogens (tertiary/aromatic N) is 1. The van der Waals surface area contributed by atoms with Gasteiger partial charge < -0.3 is 10.6 Å². The number of rotatable bonds is 5. The van der Waals surface area contributed by atoms with Gasteiger partial charge in [0.1, 0.15) is 0 Å². The van der Waals surface area contributed by atoms with Crippen LogP contribution in [0, 0.1) is 10.1 Å². The summed E-state index contributed by atoms with van der Waals surface area (Å²) < 4.78 is 0. The van der Waals surface area contributed by atoms with E-state index in [9.17, 15) is 10.1 Å². The van der Waals surface area contributed by atoms with E-state index < -0.39 is 4.92 Å². The fraction of sp³-hybridized carbons (Fsp3) is 0.154. The monoisotopic (exact) mass is 307 g/mol. The number of benzene rings is 1. The van der Waals surface area contributed by atoms with Gasteiger partial charge in [-0.2, -0.15) is 0 Å². The average molecular weight is 307 g/mol. The van der Waals surface area contributed by atoms with Gasteiger partial charge in [-0.3, -0.25) is 10.1 Å². The van der Waals surface area contributed by atoms with E-state index >= 15 is 0 Å². The van der Waals surface area contributed by atoms with Crippen molar-refractivity contribution in [1.29, 1.82) is 0 Å². The Bertz CT molecular complexity index is 582. The summed E-state index contributed by atoms with van der Waals surface area (Å²) in [6.45, 7) is 0.749. The second kappa shape index (κ2) is 6.97.